The largest absolute Gasteiger partial charge is 0.486 e. The van der Waals surface area contributed by atoms with Crippen molar-refractivity contribution in [3.8, 4) is 11.5 Å². The number of rotatable bonds is 5. The lowest BCUT2D eigenvalue weighted by molar-refractivity contribution is 0.170. The van der Waals surface area contributed by atoms with E-state index in [0.29, 0.717) is 31.1 Å². The Morgan fingerprint density at radius 2 is 1.75 bits per heavy atom. The summed E-state index contributed by atoms with van der Waals surface area (Å²) in [6.07, 6.45) is 0. The van der Waals surface area contributed by atoms with Crippen LogP contribution in [-0.2, 0) is 0 Å². The minimum atomic E-state index is 0.310. The van der Waals surface area contributed by atoms with E-state index in [2.05, 4.69) is 55.0 Å². The molecule has 2 unspecified atom stereocenters. The first kappa shape index (κ1) is 15.6. The van der Waals surface area contributed by atoms with Gasteiger partial charge in [0.05, 0.1) is 0 Å². The average Bonchev–Trinajstić information content (AvgIpc) is 2.43. The molecule has 0 fully saturated rings. The SMILES string of the molecule is CCNC(c1cc2c(cc1Br)OCCO2)C(C)C(C)C. The van der Waals surface area contributed by atoms with Crippen LogP contribution < -0.4 is 14.8 Å². The maximum atomic E-state index is 5.71. The Balaban J connectivity index is 2.37. The van der Waals surface area contributed by atoms with Crippen LogP contribution in [0.1, 0.15) is 39.3 Å². The summed E-state index contributed by atoms with van der Waals surface area (Å²) in [5, 5.41) is 3.60. The van der Waals surface area contributed by atoms with Gasteiger partial charge in [-0.25, -0.2) is 0 Å². The molecule has 0 radical (unpaired) electrons. The molecule has 0 bridgehead atoms. The number of hydrogen-bond acceptors (Lipinski definition) is 3. The monoisotopic (exact) mass is 341 g/mol. The van der Waals surface area contributed by atoms with Gasteiger partial charge in [0.1, 0.15) is 13.2 Å². The van der Waals surface area contributed by atoms with Crippen molar-refractivity contribution < 1.29 is 9.47 Å². The maximum absolute atomic E-state index is 5.71. The van der Waals surface area contributed by atoms with Crippen LogP contribution in [0.4, 0.5) is 0 Å². The summed E-state index contributed by atoms with van der Waals surface area (Å²) in [6, 6.07) is 4.46. The lowest BCUT2D eigenvalue weighted by Crippen LogP contribution is -2.30. The van der Waals surface area contributed by atoms with Gasteiger partial charge in [0.15, 0.2) is 11.5 Å². The second kappa shape index (κ2) is 6.81. The quantitative estimate of drug-likeness (QED) is 0.871. The van der Waals surface area contributed by atoms with E-state index < -0.39 is 0 Å². The number of nitrogens with one attached hydrogen (secondary N) is 1. The van der Waals surface area contributed by atoms with Crippen molar-refractivity contribution in [2.45, 2.75) is 33.7 Å². The van der Waals surface area contributed by atoms with Crippen LogP contribution in [-0.4, -0.2) is 19.8 Å². The second-order valence-electron chi connectivity index (χ2n) is 5.66. The molecule has 1 heterocycles. The molecule has 112 valence electrons. The fourth-order valence-electron chi connectivity index (χ4n) is 2.50. The highest BCUT2D eigenvalue weighted by molar-refractivity contribution is 9.10. The molecule has 0 saturated carbocycles. The summed E-state index contributed by atoms with van der Waals surface area (Å²) in [7, 11) is 0. The van der Waals surface area contributed by atoms with E-state index in [-0.39, 0.29) is 0 Å². The van der Waals surface area contributed by atoms with Crippen molar-refractivity contribution in [1.82, 2.24) is 5.32 Å². The molecular weight excluding hydrogens is 318 g/mol. The van der Waals surface area contributed by atoms with Gasteiger partial charge in [-0.1, -0.05) is 43.6 Å². The molecule has 1 aliphatic rings. The highest BCUT2D eigenvalue weighted by Gasteiger charge is 2.25. The fraction of sp³-hybridized carbons (Fsp3) is 0.625. The van der Waals surface area contributed by atoms with Crippen LogP contribution in [0.5, 0.6) is 11.5 Å². The predicted octanol–water partition coefficient (Wildman–Crippen LogP) is 4.16. The third-order valence-electron chi connectivity index (χ3n) is 4.00. The lowest BCUT2D eigenvalue weighted by atomic mass is 9.86. The molecule has 1 N–H and O–H groups in total. The van der Waals surface area contributed by atoms with Gasteiger partial charge in [0, 0.05) is 10.5 Å². The van der Waals surface area contributed by atoms with E-state index in [1.165, 1.54) is 5.56 Å². The highest BCUT2D eigenvalue weighted by Crippen LogP contribution is 2.40. The van der Waals surface area contributed by atoms with Crippen molar-refractivity contribution in [2.24, 2.45) is 11.8 Å². The maximum Gasteiger partial charge on any atom is 0.162 e. The van der Waals surface area contributed by atoms with E-state index in [9.17, 15) is 0 Å². The molecule has 1 aromatic carbocycles. The first-order valence-corrected chi connectivity index (χ1v) is 8.16. The molecule has 0 amide bonds. The van der Waals surface area contributed by atoms with Gasteiger partial charge in [0.2, 0.25) is 0 Å². The number of ether oxygens (including phenoxy) is 2. The normalized spacial score (nSPS) is 17.1. The second-order valence-corrected chi connectivity index (χ2v) is 6.51. The molecule has 0 spiro atoms. The van der Waals surface area contributed by atoms with Gasteiger partial charge in [-0.15, -0.1) is 0 Å². The first-order chi connectivity index (χ1) is 9.54. The van der Waals surface area contributed by atoms with Crippen molar-refractivity contribution in [1.29, 1.82) is 0 Å². The van der Waals surface area contributed by atoms with Crippen molar-refractivity contribution >= 4 is 15.9 Å². The van der Waals surface area contributed by atoms with Gasteiger partial charge < -0.3 is 14.8 Å². The van der Waals surface area contributed by atoms with E-state index in [1.54, 1.807) is 0 Å². The zero-order chi connectivity index (χ0) is 14.7. The molecule has 2 rings (SSSR count). The van der Waals surface area contributed by atoms with Crippen molar-refractivity contribution in [3.05, 3.63) is 22.2 Å². The van der Waals surface area contributed by atoms with Gasteiger partial charge in [-0.05, 0) is 36.1 Å². The van der Waals surface area contributed by atoms with Crippen LogP contribution in [0.3, 0.4) is 0 Å². The standard InChI is InChI=1S/C16H24BrNO2/c1-5-18-16(11(4)10(2)3)12-8-14-15(9-13(12)17)20-7-6-19-14/h8-11,16,18H,5-7H2,1-4H3. The Hall–Kier alpha value is -0.740. The topological polar surface area (TPSA) is 30.5 Å². The molecule has 0 aromatic heterocycles. The Labute approximate surface area is 130 Å². The molecule has 2 atom stereocenters. The summed E-state index contributed by atoms with van der Waals surface area (Å²) < 4.78 is 12.4. The summed E-state index contributed by atoms with van der Waals surface area (Å²) in [4.78, 5) is 0. The van der Waals surface area contributed by atoms with Gasteiger partial charge in [-0.3, -0.25) is 0 Å². The summed E-state index contributed by atoms with van der Waals surface area (Å²) in [6.45, 7) is 11.2. The minimum absolute atomic E-state index is 0.310. The van der Waals surface area contributed by atoms with Gasteiger partial charge >= 0.3 is 0 Å². The number of halogens is 1. The fourth-order valence-corrected chi connectivity index (χ4v) is 3.07. The van der Waals surface area contributed by atoms with E-state index in [4.69, 9.17) is 9.47 Å². The third kappa shape index (κ3) is 3.29. The molecule has 0 aliphatic carbocycles. The zero-order valence-electron chi connectivity index (χ0n) is 12.7. The summed E-state index contributed by atoms with van der Waals surface area (Å²) >= 11 is 3.69. The van der Waals surface area contributed by atoms with E-state index in [1.807, 2.05) is 6.07 Å². The van der Waals surface area contributed by atoms with Crippen molar-refractivity contribution in [2.75, 3.05) is 19.8 Å². The van der Waals surface area contributed by atoms with Crippen molar-refractivity contribution in [3.63, 3.8) is 0 Å². The Morgan fingerprint density at radius 1 is 1.15 bits per heavy atom. The van der Waals surface area contributed by atoms with E-state index in [0.717, 1.165) is 22.5 Å². The number of fused-ring (bicyclic) bond motifs is 1. The lowest BCUT2D eigenvalue weighted by Gasteiger charge is -2.30. The Morgan fingerprint density at radius 3 is 2.30 bits per heavy atom. The molecule has 3 nitrogen and oxygen atoms in total. The van der Waals surface area contributed by atoms with Crippen LogP contribution in [0.25, 0.3) is 0 Å². The smallest absolute Gasteiger partial charge is 0.162 e. The molecular formula is C16H24BrNO2. The summed E-state index contributed by atoms with van der Waals surface area (Å²) in [5.74, 6) is 2.83. The van der Waals surface area contributed by atoms with Gasteiger partial charge in [0.25, 0.3) is 0 Å². The third-order valence-corrected chi connectivity index (χ3v) is 4.68. The Kier molecular flexibility index (Phi) is 5.33. The molecule has 20 heavy (non-hydrogen) atoms. The van der Waals surface area contributed by atoms with Crippen LogP contribution in [0.2, 0.25) is 0 Å². The molecule has 1 aromatic rings. The average molecular weight is 342 g/mol. The summed E-state index contributed by atoms with van der Waals surface area (Å²) in [5.41, 5.74) is 1.25. The first-order valence-electron chi connectivity index (χ1n) is 7.37. The van der Waals surface area contributed by atoms with Crippen LogP contribution in [0, 0.1) is 11.8 Å². The molecule has 4 heteroatoms. The van der Waals surface area contributed by atoms with Crippen LogP contribution >= 0.6 is 15.9 Å². The van der Waals surface area contributed by atoms with Crippen LogP contribution in [0.15, 0.2) is 16.6 Å². The minimum Gasteiger partial charge on any atom is -0.486 e. The number of hydrogen-bond donors (Lipinski definition) is 1. The molecule has 0 saturated heterocycles. The van der Waals surface area contributed by atoms with E-state index >= 15 is 0 Å². The highest BCUT2D eigenvalue weighted by atomic mass is 79.9. The Bertz CT molecular complexity index is 462. The molecule has 1 aliphatic heterocycles. The number of benzene rings is 1. The van der Waals surface area contributed by atoms with Gasteiger partial charge in [-0.2, -0.15) is 0 Å². The predicted molar refractivity (Wildman–Crippen MR) is 85.6 cm³/mol. The zero-order valence-corrected chi connectivity index (χ0v) is 14.3.